The molecule has 3 N–H and O–H groups in total. The average Bonchev–Trinajstić information content (AvgIpc) is 3.23. The minimum atomic E-state index is -0.839. The van der Waals surface area contributed by atoms with E-state index in [2.05, 4.69) is 20.7 Å². The van der Waals surface area contributed by atoms with Crippen molar-refractivity contribution in [3.05, 3.63) is 47.3 Å². The molecule has 1 aliphatic heterocycles. The zero-order chi connectivity index (χ0) is 18.5. The molecule has 26 heavy (non-hydrogen) atoms. The van der Waals surface area contributed by atoms with Gasteiger partial charge >= 0.3 is 5.97 Å². The highest BCUT2D eigenvalue weighted by molar-refractivity contribution is 5.78. The average molecular weight is 357 g/mol. The third kappa shape index (κ3) is 4.45. The second-order valence-electron chi connectivity index (χ2n) is 6.76. The van der Waals surface area contributed by atoms with Crippen LogP contribution in [0.3, 0.4) is 0 Å². The summed E-state index contributed by atoms with van der Waals surface area (Å²) in [7, 11) is 0. The van der Waals surface area contributed by atoms with Crippen molar-refractivity contribution in [3.8, 4) is 0 Å². The molecule has 1 aliphatic rings. The molecule has 3 rings (SSSR count). The minimum Gasteiger partial charge on any atom is -0.481 e. The summed E-state index contributed by atoms with van der Waals surface area (Å²) < 4.78 is 0. The maximum absolute atomic E-state index is 12.3. The molecule has 2 atom stereocenters. The van der Waals surface area contributed by atoms with E-state index in [4.69, 9.17) is 5.11 Å². The number of hydrogen-bond acceptors (Lipinski definition) is 5. The Kier molecular flexibility index (Phi) is 5.62. The number of nitrogens with one attached hydrogen (secondary N) is 2. The number of aromatic amines is 1. The molecule has 1 aromatic carbocycles. The van der Waals surface area contributed by atoms with Crippen LogP contribution >= 0.6 is 0 Å². The Morgan fingerprint density at radius 2 is 2.15 bits per heavy atom. The van der Waals surface area contributed by atoms with Gasteiger partial charge in [0.25, 0.3) is 0 Å². The summed E-state index contributed by atoms with van der Waals surface area (Å²) in [4.78, 5) is 25.4. The molecule has 0 radical (unpaired) electrons. The molecule has 1 amide bonds. The third-order valence-electron chi connectivity index (χ3n) is 4.87. The van der Waals surface area contributed by atoms with Crippen LogP contribution in [0.25, 0.3) is 0 Å². The molecule has 0 spiro atoms. The number of aryl methyl sites for hydroxylation is 1. The highest BCUT2D eigenvalue weighted by Crippen LogP contribution is 2.33. The molecule has 1 fully saturated rings. The maximum atomic E-state index is 12.3. The van der Waals surface area contributed by atoms with Crippen LogP contribution in [-0.4, -0.2) is 56.9 Å². The van der Waals surface area contributed by atoms with E-state index >= 15 is 0 Å². The van der Waals surface area contributed by atoms with Gasteiger partial charge in [-0.05, 0) is 24.0 Å². The fraction of sp³-hybridized carbons (Fsp3) is 0.444. The molecule has 1 aromatic heterocycles. The van der Waals surface area contributed by atoms with Gasteiger partial charge in [0.05, 0.1) is 24.9 Å². The second kappa shape index (κ2) is 8.09. The van der Waals surface area contributed by atoms with Gasteiger partial charge in [0, 0.05) is 25.6 Å². The van der Waals surface area contributed by atoms with E-state index in [-0.39, 0.29) is 30.7 Å². The number of hydrogen-bond donors (Lipinski definition) is 3. The highest BCUT2D eigenvalue weighted by atomic mass is 16.4. The van der Waals surface area contributed by atoms with Crippen molar-refractivity contribution in [2.75, 3.05) is 19.6 Å². The number of amides is 1. The summed E-state index contributed by atoms with van der Waals surface area (Å²) in [6.45, 7) is 3.91. The summed E-state index contributed by atoms with van der Waals surface area (Å²) in [5.41, 5.74) is 2.98. The second-order valence-corrected chi connectivity index (χ2v) is 6.76. The molecule has 0 saturated carbocycles. The number of nitrogens with zero attached hydrogens (tertiary/aromatic N) is 3. The molecule has 1 saturated heterocycles. The van der Waals surface area contributed by atoms with Crippen molar-refractivity contribution in [2.45, 2.75) is 25.8 Å². The number of likely N-dealkylation sites (tertiary alicyclic amines) is 1. The Morgan fingerprint density at radius 3 is 2.85 bits per heavy atom. The molecular weight excluding hydrogens is 334 g/mol. The van der Waals surface area contributed by atoms with E-state index in [1.807, 2.05) is 36.1 Å². The van der Waals surface area contributed by atoms with Crippen molar-refractivity contribution < 1.29 is 14.7 Å². The summed E-state index contributed by atoms with van der Waals surface area (Å²) in [6.07, 6.45) is 1.68. The van der Waals surface area contributed by atoms with Crippen LogP contribution in [-0.2, 0) is 16.1 Å². The first-order chi connectivity index (χ1) is 12.5. The molecule has 8 nitrogen and oxygen atoms in total. The van der Waals surface area contributed by atoms with Gasteiger partial charge in [-0.2, -0.15) is 15.4 Å². The van der Waals surface area contributed by atoms with E-state index in [0.717, 1.165) is 16.8 Å². The van der Waals surface area contributed by atoms with Gasteiger partial charge in [0.15, 0.2) is 0 Å². The van der Waals surface area contributed by atoms with Gasteiger partial charge < -0.3 is 10.4 Å². The molecule has 8 heteroatoms. The normalized spacial score (nSPS) is 20.2. The number of aliphatic carboxylic acids is 1. The van der Waals surface area contributed by atoms with Crippen LogP contribution < -0.4 is 5.32 Å². The number of carbonyl (C=O) groups excluding carboxylic acids is 1. The molecule has 0 aliphatic carbocycles. The van der Waals surface area contributed by atoms with Crippen LogP contribution in [0, 0.1) is 12.8 Å². The monoisotopic (exact) mass is 357 g/mol. The zero-order valence-corrected chi connectivity index (χ0v) is 14.7. The first-order valence-electron chi connectivity index (χ1n) is 8.64. The van der Waals surface area contributed by atoms with E-state index in [1.54, 1.807) is 6.20 Å². The SMILES string of the molecule is Cc1ccccc1CNC(=O)CN1C[C@@H](CC(=O)O)[C@@H](c2cn[nH]n2)C1. The van der Waals surface area contributed by atoms with Crippen molar-refractivity contribution in [2.24, 2.45) is 5.92 Å². The zero-order valence-electron chi connectivity index (χ0n) is 14.7. The van der Waals surface area contributed by atoms with Gasteiger partial charge in [-0.1, -0.05) is 24.3 Å². The Balaban J connectivity index is 1.56. The van der Waals surface area contributed by atoms with Crippen LogP contribution in [0.1, 0.15) is 29.2 Å². The summed E-state index contributed by atoms with van der Waals surface area (Å²) >= 11 is 0. The topological polar surface area (TPSA) is 111 Å². The lowest BCUT2D eigenvalue weighted by atomic mass is 9.91. The molecule has 0 unspecified atom stereocenters. The molecular formula is C18H23N5O3. The summed E-state index contributed by atoms with van der Waals surface area (Å²) in [6, 6.07) is 7.93. The quantitative estimate of drug-likeness (QED) is 0.679. The van der Waals surface area contributed by atoms with E-state index < -0.39 is 5.97 Å². The lowest BCUT2D eigenvalue weighted by molar-refractivity contribution is -0.138. The van der Waals surface area contributed by atoms with Crippen molar-refractivity contribution in [1.29, 1.82) is 0 Å². The van der Waals surface area contributed by atoms with E-state index in [0.29, 0.717) is 19.6 Å². The first-order valence-corrected chi connectivity index (χ1v) is 8.64. The van der Waals surface area contributed by atoms with Crippen LogP contribution in [0.15, 0.2) is 30.5 Å². The predicted molar refractivity (Wildman–Crippen MR) is 94.3 cm³/mol. The van der Waals surface area contributed by atoms with Crippen LogP contribution in [0.2, 0.25) is 0 Å². The predicted octanol–water partition coefficient (Wildman–Crippen LogP) is 0.920. The smallest absolute Gasteiger partial charge is 0.303 e. The molecule has 0 bridgehead atoms. The fourth-order valence-corrected chi connectivity index (χ4v) is 3.51. The molecule has 2 aromatic rings. The Morgan fingerprint density at radius 1 is 1.35 bits per heavy atom. The standard InChI is InChI=1S/C18H23N5O3/c1-12-4-2-3-5-13(12)7-19-17(24)11-23-9-14(6-18(25)26)15(10-23)16-8-20-22-21-16/h2-5,8,14-15H,6-7,9-11H2,1H3,(H,19,24)(H,25,26)(H,20,21,22)/t14-,15+/m1/s1. The minimum absolute atomic E-state index is 0.0333. The van der Waals surface area contributed by atoms with Crippen molar-refractivity contribution in [1.82, 2.24) is 25.6 Å². The third-order valence-corrected chi connectivity index (χ3v) is 4.87. The van der Waals surface area contributed by atoms with Gasteiger partial charge in [0.2, 0.25) is 5.91 Å². The van der Waals surface area contributed by atoms with Gasteiger partial charge in [0.1, 0.15) is 0 Å². The van der Waals surface area contributed by atoms with Crippen molar-refractivity contribution in [3.63, 3.8) is 0 Å². The Labute approximate surface area is 151 Å². The van der Waals surface area contributed by atoms with E-state index in [1.165, 1.54) is 0 Å². The molecule has 138 valence electrons. The van der Waals surface area contributed by atoms with Crippen LogP contribution in [0.4, 0.5) is 0 Å². The summed E-state index contributed by atoms with van der Waals surface area (Å²) in [5.74, 6) is -1.02. The lowest BCUT2D eigenvalue weighted by Gasteiger charge is -2.15. The van der Waals surface area contributed by atoms with Crippen LogP contribution in [0.5, 0.6) is 0 Å². The maximum Gasteiger partial charge on any atom is 0.303 e. The molecule has 2 heterocycles. The largest absolute Gasteiger partial charge is 0.481 e. The number of aromatic nitrogens is 3. The number of carboxylic acid groups (broad SMARTS) is 1. The highest BCUT2D eigenvalue weighted by Gasteiger charge is 2.37. The van der Waals surface area contributed by atoms with Gasteiger partial charge in [-0.25, -0.2) is 0 Å². The number of carbonyl (C=O) groups is 2. The van der Waals surface area contributed by atoms with Gasteiger partial charge in [-0.3, -0.25) is 14.5 Å². The summed E-state index contributed by atoms with van der Waals surface area (Å²) in [5, 5.41) is 22.6. The van der Waals surface area contributed by atoms with Crippen molar-refractivity contribution >= 4 is 11.9 Å². The lowest BCUT2D eigenvalue weighted by Crippen LogP contribution is -2.36. The number of carboxylic acids is 1. The first kappa shape index (κ1) is 18.1. The fourth-order valence-electron chi connectivity index (χ4n) is 3.51. The number of rotatable bonds is 7. The Bertz CT molecular complexity index is 762. The van der Waals surface area contributed by atoms with E-state index in [9.17, 15) is 9.59 Å². The Hall–Kier alpha value is -2.74. The van der Waals surface area contributed by atoms with Gasteiger partial charge in [-0.15, -0.1) is 0 Å². The number of H-pyrrole nitrogens is 1. The number of benzene rings is 1.